The van der Waals surface area contributed by atoms with E-state index in [1.807, 2.05) is 50.0 Å². The molecule has 1 amide bonds. The zero-order valence-corrected chi connectivity index (χ0v) is 12.1. The van der Waals surface area contributed by atoms with Crippen LogP contribution in [0, 0.1) is 5.41 Å². The summed E-state index contributed by atoms with van der Waals surface area (Å²) in [6.45, 7) is 6.94. The number of hydrogen-bond donors (Lipinski definition) is 1. The third-order valence-electron chi connectivity index (χ3n) is 2.95. The van der Waals surface area contributed by atoms with E-state index in [1.165, 1.54) is 0 Å². The maximum atomic E-state index is 11.7. The van der Waals surface area contributed by atoms with Gasteiger partial charge in [-0.1, -0.05) is 20.8 Å². The SMILES string of the molecule is CC(C)(C)C(=O)NCCn1cc(-c2ccncc2)cn1. The number of amides is 1. The van der Waals surface area contributed by atoms with Crippen LogP contribution in [0.1, 0.15) is 20.8 Å². The van der Waals surface area contributed by atoms with Crippen molar-refractivity contribution in [3.8, 4) is 11.1 Å². The minimum atomic E-state index is -0.355. The summed E-state index contributed by atoms with van der Waals surface area (Å²) in [5.74, 6) is 0.0546. The first-order valence-electron chi connectivity index (χ1n) is 6.68. The molecule has 5 heteroatoms. The molecule has 2 rings (SSSR count). The second-order valence-corrected chi connectivity index (χ2v) is 5.73. The Labute approximate surface area is 119 Å². The van der Waals surface area contributed by atoms with Gasteiger partial charge in [0.1, 0.15) is 0 Å². The zero-order valence-electron chi connectivity index (χ0n) is 12.1. The third-order valence-corrected chi connectivity index (χ3v) is 2.95. The number of rotatable bonds is 4. The Morgan fingerprint density at radius 2 is 1.95 bits per heavy atom. The van der Waals surface area contributed by atoms with E-state index in [1.54, 1.807) is 12.4 Å². The highest BCUT2D eigenvalue weighted by molar-refractivity contribution is 5.81. The Kier molecular flexibility index (Phi) is 4.17. The summed E-state index contributed by atoms with van der Waals surface area (Å²) in [5.41, 5.74) is 1.78. The lowest BCUT2D eigenvalue weighted by molar-refractivity contribution is -0.128. The fourth-order valence-electron chi connectivity index (χ4n) is 1.73. The molecule has 0 unspecified atom stereocenters. The monoisotopic (exact) mass is 272 g/mol. The molecule has 0 aliphatic rings. The van der Waals surface area contributed by atoms with Crippen LogP contribution in [0.25, 0.3) is 11.1 Å². The molecule has 20 heavy (non-hydrogen) atoms. The van der Waals surface area contributed by atoms with Gasteiger partial charge in [0.2, 0.25) is 5.91 Å². The van der Waals surface area contributed by atoms with E-state index in [9.17, 15) is 4.79 Å². The van der Waals surface area contributed by atoms with Crippen molar-refractivity contribution in [2.45, 2.75) is 27.3 Å². The summed E-state index contributed by atoms with van der Waals surface area (Å²) in [6.07, 6.45) is 7.31. The topological polar surface area (TPSA) is 59.8 Å². The number of carbonyl (C=O) groups excluding carboxylic acids is 1. The highest BCUT2D eigenvalue weighted by atomic mass is 16.2. The van der Waals surface area contributed by atoms with E-state index in [-0.39, 0.29) is 11.3 Å². The lowest BCUT2D eigenvalue weighted by Crippen LogP contribution is -2.36. The minimum absolute atomic E-state index is 0.0546. The van der Waals surface area contributed by atoms with Gasteiger partial charge in [-0.3, -0.25) is 14.5 Å². The van der Waals surface area contributed by atoms with E-state index in [4.69, 9.17) is 0 Å². The van der Waals surface area contributed by atoms with Crippen molar-refractivity contribution in [2.24, 2.45) is 5.41 Å². The molecule has 0 bridgehead atoms. The maximum absolute atomic E-state index is 11.7. The van der Waals surface area contributed by atoms with Crippen LogP contribution in [0.3, 0.4) is 0 Å². The molecule has 0 saturated carbocycles. The van der Waals surface area contributed by atoms with Crippen LogP contribution < -0.4 is 5.32 Å². The Morgan fingerprint density at radius 3 is 2.60 bits per heavy atom. The minimum Gasteiger partial charge on any atom is -0.354 e. The van der Waals surface area contributed by atoms with Crippen molar-refractivity contribution in [1.29, 1.82) is 0 Å². The van der Waals surface area contributed by atoms with Gasteiger partial charge >= 0.3 is 0 Å². The second kappa shape index (κ2) is 5.86. The first-order chi connectivity index (χ1) is 9.47. The first-order valence-corrected chi connectivity index (χ1v) is 6.68. The first kappa shape index (κ1) is 14.2. The van der Waals surface area contributed by atoms with Gasteiger partial charge in [-0.25, -0.2) is 0 Å². The van der Waals surface area contributed by atoms with Crippen molar-refractivity contribution in [3.63, 3.8) is 0 Å². The third kappa shape index (κ3) is 3.66. The van der Waals surface area contributed by atoms with Gasteiger partial charge in [-0.15, -0.1) is 0 Å². The summed E-state index contributed by atoms with van der Waals surface area (Å²) in [6, 6.07) is 3.89. The van der Waals surface area contributed by atoms with Gasteiger partial charge in [0.25, 0.3) is 0 Å². The Balaban J connectivity index is 1.90. The zero-order chi connectivity index (χ0) is 14.6. The molecule has 0 radical (unpaired) electrons. The highest BCUT2D eigenvalue weighted by Crippen LogP contribution is 2.16. The van der Waals surface area contributed by atoms with Crippen molar-refractivity contribution >= 4 is 5.91 Å². The highest BCUT2D eigenvalue weighted by Gasteiger charge is 2.20. The van der Waals surface area contributed by atoms with Gasteiger partial charge in [-0.05, 0) is 17.7 Å². The number of nitrogens with one attached hydrogen (secondary N) is 1. The molecule has 2 heterocycles. The van der Waals surface area contributed by atoms with Crippen LogP contribution in [0.15, 0.2) is 36.9 Å². The molecule has 2 aromatic heterocycles. The average molecular weight is 272 g/mol. The lowest BCUT2D eigenvalue weighted by atomic mass is 9.96. The molecule has 0 fully saturated rings. The maximum Gasteiger partial charge on any atom is 0.225 e. The van der Waals surface area contributed by atoms with Crippen molar-refractivity contribution < 1.29 is 4.79 Å². The Bertz CT molecular complexity index is 569. The Hall–Kier alpha value is -2.17. The molecular formula is C15H20N4O. The smallest absolute Gasteiger partial charge is 0.225 e. The molecule has 0 aromatic carbocycles. The average Bonchev–Trinajstić information content (AvgIpc) is 2.87. The van der Waals surface area contributed by atoms with Crippen molar-refractivity contribution in [1.82, 2.24) is 20.1 Å². The summed E-state index contributed by atoms with van der Waals surface area (Å²) < 4.78 is 1.83. The molecule has 0 saturated heterocycles. The van der Waals surface area contributed by atoms with Gasteiger partial charge in [-0.2, -0.15) is 5.10 Å². The fourth-order valence-corrected chi connectivity index (χ4v) is 1.73. The number of nitrogens with zero attached hydrogens (tertiary/aromatic N) is 3. The fraction of sp³-hybridized carbons (Fsp3) is 0.400. The predicted octanol–water partition coefficient (Wildman–Crippen LogP) is 2.11. The number of carbonyl (C=O) groups is 1. The van der Waals surface area contributed by atoms with Crippen LogP contribution in [-0.4, -0.2) is 27.2 Å². The van der Waals surface area contributed by atoms with Crippen LogP contribution in [0.2, 0.25) is 0 Å². The predicted molar refractivity (Wildman–Crippen MR) is 77.9 cm³/mol. The molecule has 2 aromatic rings. The van der Waals surface area contributed by atoms with Crippen LogP contribution in [0.5, 0.6) is 0 Å². The van der Waals surface area contributed by atoms with Crippen LogP contribution in [-0.2, 0) is 11.3 Å². The molecule has 0 atom stereocenters. The molecule has 0 aliphatic carbocycles. The molecule has 0 aliphatic heterocycles. The van der Waals surface area contributed by atoms with E-state index in [0.717, 1.165) is 11.1 Å². The molecule has 106 valence electrons. The standard InChI is InChI=1S/C15H20N4O/c1-15(2,3)14(20)17-8-9-19-11-13(10-18-19)12-4-6-16-7-5-12/h4-7,10-11H,8-9H2,1-3H3,(H,17,20). The van der Waals surface area contributed by atoms with Gasteiger partial charge < -0.3 is 5.32 Å². The number of hydrogen-bond acceptors (Lipinski definition) is 3. The van der Waals surface area contributed by atoms with Crippen molar-refractivity contribution in [3.05, 3.63) is 36.9 Å². The summed E-state index contributed by atoms with van der Waals surface area (Å²) in [5, 5.41) is 7.21. The van der Waals surface area contributed by atoms with Gasteiger partial charge in [0.05, 0.1) is 12.7 Å². The Morgan fingerprint density at radius 1 is 1.25 bits per heavy atom. The van der Waals surface area contributed by atoms with Crippen molar-refractivity contribution in [2.75, 3.05) is 6.54 Å². The van der Waals surface area contributed by atoms with E-state index in [0.29, 0.717) is 13.1 Å². The molecule has 5 nitrogen and oxygen atoms in total. The van der Waals surface area contributed by atoms with Crippen LogP contribution >= 0.6 is 0 Å². The normalized spacial score (nSPS) is 11.3. The number of pyridine rings is 1. The quantitative estimate of drug-likeness (QED) is 0.927. The van der Waals surface area contributed by atoms with E-state index in [2.05, 4.69) is 15.4 Å². The van der Waals surface area contributed by atoms with Gasteiger partial charge in [0, 0.05) is 36.1 Å². The molecule has 1 N–H and O–H groups in total. The lowest BCUT2D eigenvalue weighted by Gasteiger charge is -2.17. The molecule has 0 spiro atoms. The number of aromatic nitrogens is 3. The largest absolute Gasteiger partial charge is 0.354 e. The van der Waals surface area contributed by atoms with E-state index >= 15 is 0 Å². The van der Waals surface area contributed by atoms with Gasteiger partial charge in [0.15, 0.2) is 0 Å². The summed E-state index contributed by atoms with van der Waals surface area (Å²) in [7, 11) is 0. The summed E-state index contributed by atoms with van der Waals surface area (Å²) in [4.78, 5) is 15.7. The molecular weight excluding hydrogens is 252 g/mol. The summed E-state index contributed by atoms with van der Waals surface area (Å²) >= 11 is 0. The second-order valence-electron chi connectivity index (χ2n) is 5.73. The van der Waals surface area contributed by atoms with E-state index < -0.39 is 0 Å². The van der Waals surface area contributed by atoms with Crippen LogP contribution in [0.4, 0.5) is 0 Å².